The van der Waals surface area contributed by atoms with Crippen LogP contribution in [0.5, 0.6) is 0 Å². The van der Waals surface area contributed by atoms with E-state index >= 15 is 0 Å². The molecule has 1 fully saturated rings. The van der Waals surface area contributed by atoms with Gasteiger partial charge in [0.05, 0.1) is 19.8 Å². The molecule has 9 heteroatoms. The average molecular weight is 420 g/mol. The number of aromatic nitrogens is 3. The minimum atomic E-state index is 0.0266. The van der Waals surface area contributed by atoms with Crippen molar-refractivity contribution in [3.63, 3.8) is 0 Å². The van der Waals surface area contributed by atoms with Crippen molar-refractivity contribution in [3.05, 3.63) is 34.5 Å². The molecule has 0 aliphatic carbocycles. The first kappa shape index (κ1) is 21.7. The molecule has 3 heterocycles. The molecule has 1 saturated heterocycles. The number of rotatable bonds is 9. The van der Waals surface area contributed by atoms with E-state index in [9.17, 15) is 0 Å². The zero-order chi connectivity index (χ0) is 20.5. The monoisotopic (exact) mass is 419 g/mol. The molecule has 0 aromatic carbocycles. The molecule has 0 unspecified atom stereocenters. The fourth-order valence-electron chi connectivity index (χ4n) is 3.35. The highest BCUT2D eigenvalue weighted by atomic mass is 32.1. The summed E-state index contributed by atoms with van der Waals surface area (Å²) < 4.78 is 7.58. The molecular weight excluding hydrogens is 386 g/mol. The Hall–Kier alpha value is -1.97. The van der Waals surface area contributed by atoms with Crippen molar-refractivity contribution in [2.75, 3.05) is 39.4 Å². The van der Waals surface area contributed by atoms with Crippen molar-refractivity contribution in [1.29, 1.82) is 0 Å². The molecule has 2 aromatic rings. The Morgan fingerprint density at radius 3 is 2.86 bits per heavy atom. The second-order valence-corrected chi connectivity index (χ2v) is 8.76. The van der Waals surface area contributed by atoms with Crippen molar-refractivity contribution in [2.45, 2.75) is 45.8 Å². The Balaban J connectivity index is 1.57. The maximum atomic E-state index is 5.50. The number of ether oxygens (including phenoxy) is 1. The number of aryl methyl sites for hydroxylation is 1. The number of nitrogens with zero attached hydrogens (tertiary/aromatic N) is 5. The second kappa shape index (κ2) is 10.7. The largest absolute Gasteiger partial charge is 0.379 e. The van der Waals surface area contributed by atoms with E-state index in [4.69, 9.17) is 9.73 Å². The maximum absolute atomic E-state index is 5.50. The van der Waals surface area contributed by atoms with Gasteiger partial charge in [0.25, 0.3) is 0 Å². The Labute approximate surface area is 177 Å². The van der Waals surface area contributed by atoms with Crippen LogP contribution < -0.4 is 10.6 Å². The van der Waals surface area contributed by atoms with Crippen LogP contribution in [0.25, 0.3) is 0 Å². The summed E-state index contributed by atoms with van der Waals surface area (Å²) in [5.74, 6) is 1.84. The van der Waals surface area contributed by atoms with E-state index in [1.165, 1.54) is 4.88 Å². The SMILES string of the molecule is CCc1nncn1CCNC(=NCc1cccs1)NCC(C)(C)N1CCOCC1. The molecular formula is C20H33N7OS. The molecule has 160 valence electrons. The van der Waals surface area contributed by atoms with Crippen molar-refractivity contribution < 1.29 is 4.74 Å². The number of hydrogen-bond acceptors (Lipinski definition) is 6. The predicted octanol–water partition coefficient (Wildman–Crippen LogP) is 1.75. The first-order valence-corrected chi connectivity index (χ1v) is 11.2. The van der Waals surface area contributed by atoms with Crippen LogP contribution in [0.3, 0.4) is 0 Å². The van der Waals surface area contributed by atoms with Gasteiger partial charge in [0.15, 0.2) is 5.96 Å². The molecule has 1 aliphatic heterocycles. The van der Waals surface area contributed by atoms with Gasteiger partial charge < -0.3 is 19.9 Å². The van der Waals surface area contributed by atoms with Crippen molar-refractivity contribution in [3.8, 4) is 0 Å². The molecule has 2 N–H and O–H groups in total. The van der Waals surface area contributed by atoms with Crippen LogP contribution in [0.2, 0.25) is 0 Å². The van der Waals surface area contributed by atoms with E-state index in [0.29, 0.717) is 6.54 Å². The number of guanidine groups is 1. The highest BCUT2D eigenvalue weighted by Gasteiger charge is 2.28. The Bertz CT molecular complexity index is 751. The lowest BCUT2D eigenvalue weighted by Gasteiger charge is -2.41. The summed E-state index contributed by atoms with van der Waals surface area (Å²) in [6, 6.07) is 4.18. The summed E-state index contributed by atoms with van der Waals surface area (Å²) in [6.45, 7) is 13.3. The van der Waals surface area contributed by atoms with Crippen LogP contribution in [-0.4, -0.2) is 70.6 Å². The number of thiophene rings is 1. The molecule has 0 radical (unpaired) electrons. The van der Waals surface area contributed by atoms with Gasteiger partial charge in [-0.3, -0.25) is 4.90 Å². The Kier molecular flexibility index (Phi) is 8.02. The third-order valence-electron chi connectivity index (χ3n) is 5.19. The quantitative estimate of drug-likeness (QED) is 0.476. The van der Waals surface area contributed by atoms with Crippen molar-refractivity contribution in [2.24, 2.45) is 4.99 Å². The van der Waals surface area contributed by atoms with E-state index < -0.39 is 0 Å². The molecule has 0 bridgehead atoms. The molecule has 29 heavy (non-hydrogen) atoms. The molecule has 0 saturated carbocycles. The van der Waals surface area contributed by atoms with E-state index in [1.807, 2.05) is 0 Å². The highest BCUT2D eigenvalue weighted by molar-refractivity contribution is 7.09. The first-order chi connectivity index (χ1) is 14.1. The first-order valence-electron chi connectivity index (χ1n) is 10.3. The highest BCUT2D eigenvalue weighted by Crippen LogP contribution is 2.15. The summed E-state index contributed by atoms with van der Waals surface area (Å²) in [4.78, 5) is 8.53. The maximum Gasteiger partial charge on any atom is 0.191 e. The fourth-order valence-corrected chi connectivity index (χ4v) is 3.98. The number of hydrogen-bond donors (Lipinski definition) is 2. The van der Waals surface area contributed by atoms with Gasteiger partial charge in [-0.2, -0.15) is 0 Å². The van der Waals surface area contributed by atoms with Gasteiger partial charge in [-0.1, -0.05) is 13.0 Å². The third-order valence-corrected chi connectivity index (χ3v) is 6.05. The van der Waals surface area contributed by atoms with Crippen LogP contribution in [-0.2, 0) is 24.2 Å². The van der Waals surface area contributed by atoms with Crippen LogP contribution >= 0.6 is 11.3 Å². The van der Waals surface area contributed by atoms with Crippen LogP contribution in [0.4, 0.5) is 0 Å². The van der Waals surface area contributed by atoms with E-state index in [-0.39, 0.29) is 5.54 Å². The minimum absolute atomic E-state index is 0.0266. The fraction of sp³-hybridized carbons (Fsp3) is 0.650. The topological polar surface area (TPSA) is 79.6 Å². The van der Waals surface area contributed by atoms with Gasteiger partial charge in [-0.25, -0.2) is 4.99 Å². The second-order valence-electron chi connectivity index (χ2n) is 7.73. The standard InChI is InChI=1S/C20H33N7OS/c1-4-18-25-24-16-26(18)8-7-21-19(22-14-17-6-5-13-29-17)23-15-20(2,3)27-9-11-28-12-10-27/h5-6,13,16H,4,7-12,14-15H2,1-3H3,(H2,21,22,23). The molecule has 2 aromatic heterocycles. The number of nitrogens with one attached hydrogen (secondary N) is 2. The minimum Gasteiger partial charge on any atom is -0.379 e. The van der Waals surface area contributed by atoms with Crippen LogP contribution in [0.15, 0.2) is 28.8 Å². The van der Waals surface area contributed by atoms with Gasteiger partial charge in [-0.05, 0) is 25.3 Å². The number of aliphatic imine (C=N–C) groups is 1. The Morgan fingerprint density at radius 1 is 1.31 bits per heavy atom. The summed E-state index contributed by atoms with van der Waals surface area (Å²) in [7, 11) is 0. The van der Waals surface area contributed by atoms with E-state index in [1.54, 1.807) is 17.7 Å². The summed E-state index contributed by atoms with van der Waals surface area (Å²) in [6.07, 6.45) is 2.67. The normalized spacial score (nSPS) is 16.2. The van der Waals surface area contributed by atoms with Crippen LogP contribution in [0.1, 0.15) is 31.5 Å². The van der Waals surface area contributed by atoms with Gasteiger partial charge in [0, 0.05) is 49.6 Å². The molecule has 8 nitrogen and oxygen atoms in total. The molecule has 0 atom stereocenters. The third kappa shape index (κ3) is 6.52. The average Bonchev–Trinajstić information content (AvgIpc) is 3.42. The van der Waals surface area contributed by atoms with Crippen molar-refractivity contribution in [1.82, 2.24) is 30.3 Å². The summed E-state index contributed by atoms with van der Waals surface area (Å²) in [5, 5.41) is 17.3. The summed E-state index contributed by atoms with van der Waals surface area (Å²) in [5.41, 5.74) is 0.0266. The van der Waals surface area contributed by atoms with Gasteiger partial charge >= 0.3 is 0 Å². The lowest BCUT2D eigenvalue weighted by molar-refractivity contribution is -0.00834. The zero-order valence-electron chi connectivity index (χ0n) is 17.7. The Morgan fingerprint density at radius 2 is 2.14 bits per heavy atom. The predicted molar refractivity (Wildman–Crippen MR) is 117 cm³/mol. The lowest BCUT2D eigenvalue weighted by atomic mass is 10.0. The summed E-state index contributed by atoms with van der Waals surface area (Å²) >= 11 is 1.73. The van der Waals surface area contributed by atoms with E-state index in [0.717, 1.165) is 64.1 Å². The van der Waals surface area contributed by atoms with Gasteiger partial charge in [0.1, 0.15) is 12.2 Å². The smallest absolute Gasteiger partial charge is 0.191 e. The molecule has 0 spiro atoms. The van der Waals surface area contributed by atoms with Crippen LogP contribution in [0, 0.1) is 0 Å². The van der Waals surface area contributed by atoms with Gasteiger partial charge in [-0.15, -0.1) is 21.5 Å². The lowest BCUT2D eigenvalue weighted by Crippen LogP contribution is -2.56. The van der Waals surface area contributed by atoms with E-state index in [2.05, 4.69) is 68.6 Å². The molecule has 3 rings (SSSR count). The van der Waals surface area contributed by atoms with Gasteiger partial charge in [0.2, 0.25) is 0 Å². The zero-order valence-corrected chi connectivity index (χ0v) is 18.5. The van der Waals surface area contributed by atoms with Crippen molar-refractivity contribution >= 4 is 17.3 Å². The molecule has 1 aliphatic rings. The number of morpholine rings is 1. The molecule has 0 amide bonds.